The summed E-state index contributed by atoms with van der Waals surface area (Å²) in [5.41, 5.74) is -0.186. The highest BCUT2D eigenvalue weighted by Gasteiger charge is 2.28. The van der Waals surface area contributed by atoms with Crippen LogP contribution in [0.5, 0.6) is 0 Å². The number of aromatic nitrogens is 3. The maximum absolute atomic E-state index is 13.1. The van der Waals surface area contributed by atoms with E-state index in [-0.39, 0.29) is 16.3 Å². The van der Waals surface area contributed by atoms with Crippen LogP contribution in [0.2, 0.25) is 0 Å². The Morgan fingerprint density at radius 1 is 1.33 bits per heavy atom. The third-order valence-corrected chi connectivity index (χ3v) is 7.80. The highest BCUT2D eigenvalue weighted by Crippen LogP contribution is 2.27. The summed E-state index contributed by atoms with van der Waals surface area (Å²) in [6.07, 6.45) is 5.00. The van der Waals surface area contributed by atoms with Crippen LogP contribution in [0.3, 0.4) is 0 Å². The number of fused-ring (bicyclic) bond motifs is 1. The zero-order valence-electron chi connectivity index (χ0n) is 17.0. The molecule has 1 atom stereocenters. The second-order valence-corrected chi connectivity index (χ2v) is 10.3. The number of ether oxygens (including phenoxy) is 1. The van der Waals surface area contributed by atoms with E-state index in [0.29, 0.717) is 17.4 Å². The highest BCUT2D eigenvalue weighted by atomic mass is 32.2. The molecule has 0 saturated carbocycles. The van der Waals surface area contributed by atoms with Crippen molar-refractivity contribution in [2.75, 3.05) is 39.3 Å². The third-order valence-electron chi connectivity index (χ3n) is 5.22. The maximum Gasteiger partial charge on any atom is 0.247 e. The molecule has 0 unspecified atom stereocenters. The molecule has 1 fully saturated rings. The molecule has 30 heavy (non-hydrogen) atoms. The fraction of sp³-hybridized carbons (Fsp3) is 0.421. The third kappa shape index (κ3) is 3.51. The van der Waals surface area contributed by atoms with Gasteiger partial charge in [-0.15, -0.1) is 11.3 Å². The van der Waals surface area contributed by atoms with E-state index >= 15 is 0 Å². The van der Waals surface area contributed by atoms with Gasteiger partial charge in [0.25, 0.3) is 0 Å². The van der Waals surface area contributed by atoms with E-state index in [1.165, 1.54) is 31.6 Å². The van der Waals surface area contributed by atoms with E-state index in [2.05, 4.69) is 9.88 Å². The van der Waals surface area contributed by atoms with E-state index in [0.717, 1.165) is 29.5 Å². The highest BCUT2D eigenvalue weighted by molar-refractivity contribution is 7.89. The van der Waals surface area contributed by atoms with E-state index in [4.69, 9.17) is 9.72 Å². The Morgan fingerprint density at radius 2 is 2.13 bits per heavy atom. The number of thiazole rings is 1. The van der Waals surface area contributed by atoms with E-state index in [1.54, 1.807) is 35.4 Å². The fourth-order valence-electron chi connectivity index (χ4n) is 3.69. The van der Waals surface area contributed by atoms with Crippen LogP contribution in [0.25, 0.3) is 16.2 Å². The van der Waals surface area contributed by atoms with Crippen molar-refractivity contribution in [2.45, 2.75) is 23.8 Å². The van der Waals surface area contributed by atoms with Crippen LogP contribution in [0.1, 0.15) is 12.8 Å². The molecule has 0 radical (unpaired) electrons. The summed E-state index contributed by atoms with van der Waals surface area (Å²) in [4.78, 5) is 24.0. The average Bonchev–Trinajstić information content (AvgIpc) is 3.40. The minimum absolute atomic E-state index is 0.216. The molecule has 0 aromatic carbocycles. The number of hydrogen-bond acceptors (Lipinski definition) is 8. The minimum atomic E-state index is -3.93. The summed E-state index contributed by atoms with van der Waals surface area (Å²) < 4.78 is 33.5. The van der Waals surface area contributed by atoms with Gasteiger partial charge in [-0.2, -0.15) is 0 Å². The van der Waals surface area contributed by atoms with Gasteiger partial charge in [-0.25, -0.2) is 22.7 Å². The molecule has 3 aromatic rings. The van der Waals surface area contributed by atoms with Crippen LogP contribution in [0.15, 0.2) is 39.6 Å². The summed E-state index contributed by atoms with van der Waals surface area (Å²) in [5, 5.41) is 2.56. The van der Waals surface area contributed by atoms with Crippen molar-refractivity contribution in [3.63, 3.8) is 0 Å². The van der Waals surface area contributed by atoms with Crippen LogP contribution in [-0.2, 0) is 14.8 Å². The quantitative estimate of drug-likeness (QED) is 0.565. The molecular weight excluding hydrogens is 426 g/mol. The molecule has 1 aliphatic heterocycles. The molecule has 4 heterocycles. The molecule has 0 amide bonds. The maximum atomic E-state index is 13.1. The fourth-order valence-corrected chi connectivity index (χ4v) is 5.29. The van der Waals surface area contributed by atoms with Crippen LogP contribution >= 0.6 is 11.3 Å². The summed E-state index contributed by atoms with van der Waals surface area (Å²) in [6.45, 7) is 1.44. The predicted molar refractivity (Wildman–Crippen MR) is 116 cm³/mol. The van der Waals surface area contributed by atoms with Gasteiger partial charge in [0.15, 0.2) is 10.8 Å². The van der Waals surface area contributed by atoms with Crippen molar-refractivity contribution in [3.8, 4) is 5.13 Å². The van der Waals surface area contributed by atoms with Gasteiger partial charge in [0.2, 0.25) is 15.5 Å². The molecule has 0 bridgehead atoms. The molecule has 3 aromatic heterocycles. The molecule has 0 N–H and O–H groups in total. The second-order valence-electron chi connectivity index (χ2n) is 7.28. The van der Waals surface area contributed by atoms with Gasteiger partial charge in [0.1, 0.15) is 10.7 Å². The predicted octanol–water partition coefficient (Wildman–Crippen LogP) is 1.71. The molecule has 1 aliphatic rings. The first-order valence-corrected chi connectivity index (χ1v) is 11.8. The lowest BCUT2D eigenvalue weighted by Crippen LogP contribution is -2.33. The largest absolute Gasteiger partial charge is 0.383 e. The molecule has 0 spiro atoms. The first kappa shape index (κ1) is 20.9. The van der Waals surface area contributed by atoms with Gasteiger partial charge in [-0.3, -0.25) is 9.36 Å². The second kappa shape index (κ2) is 8.06. The summed E-state index contributed by atoms with van der Waals surface area (Å²) >= 11 is 1.34. The van der Waals surface area contributed by atoms with Crippen molar-refractivity contribution >= 4 is 38.2 Å². The Kier molecular flexibility index (Phi) is 5.62. The number of hydrogen-bond donors (Lipinski definition) is 0. The van der Waals surface area contributed by atoms with Gasteiger partial charge >= 0.3 is 0 Å². The summed E-state index contributed by atoms with van der Waals surface area (Å²) in [6, 6.07) is 3.64. The monoisotopic (exact) mass is 449 g/mol. The standard InChI is InChI=1S/C19H23N5O4S2/c1-22(2)30(26,27)15-11-24(19-20-8-10-29-19)18-14(17(15)25)6-7-16(21-18)23-9-4-5-13(23)12-28-3/h6-8,10-11,13H,4-5,9,12H2,1-3H3/t13-/m0/s1. The zero-order valence-corrected chi connectivity index (χ0v) is 18.6. The SMILES string of the molecule is COC[C@@H]1CCCN1c1ccc2c(=O)c(S(=O)(=O)N(C)C)cn(-c3nccs3)c2n1. The Hall–Kier alpha value is -2.34. The lowest BCUT2D eigenvalue weighted by molar-refractivity contribution is 0.180. The minimum Gasteiger partial charge on any atom is -0.383 e. The Balaban J connectivity index is 1.96. The topological polar surface area (TPSA) is 97.6 Å². The van der Waals surface area contributed by atoms with Gasteiger partial charge in [0.05, 0.1) is 18.0 Å². The number of methoxy groups -OCH3 is 1. The lowest BCUT2D eigenvalue weighted by Gasteiger charge is -2.25. The Bertz CT molecular complexity index is 1220. The summed E-state index contributed by atoms with van der Waals surface area (Å²) in [5.74, 6) is 0.731. The number of nitrogens with zero attached hydrogens (tertiary/aromatic N) is 5. The van der Waals surface area contributed by atoms with Crippen molar-refractivity contribution in [1.82, 2.24) is 18.8 Å². The molecule has 160 valence electrons. The first-order chi connectivity index (χ1) is 14.3. The molecule has 9 nitrogen and oxygen atoms in total. The molecular formula is C19H23N5O4S2. The van der Waals surface area contributed by atoms with Crippen LogP contribution < -0.4 is 10.3 Å². The van der Waals surface area contributed by atoms with Crippen molar-refractivity contribution in [2.24, 2.45) is 0 Å². The number of rotatable bonds is 6. The van der Waals surface area contributed by atoms with Crippen LogP contribution in [0, 0.1) is 0 Å². The van der Waals surface area contributed by atoms with Crippen molar-refractivity contribution in [3.05, 3.63) is 40.1 Å². The number of anilines is 1. The van der Waals surface area contributed by atoms with E-state index in [9.17, 15) is 13.2 Å². The van der Waals surface area contributed by atoms with Gasteiger partial charge in [-0.05, 0) is 25.0 Å². The van der Waals surface area contributed by atoms with Gasteiger partial charge in [-0.1, -0.05) is 0 Å². The Morgan fingerprint density at radius 3 is 2.80 bits per heavy atom. The normalized spacial score (nSPS) is 17.3. The van der Waals surface area contributed by atoms with Gasteiger partial charge in [0, 0.05) is 45.5 Å². The number of sulfonamides is 1. The smallest absolute Gasteiger partial charge is 0.247 e. The van der Waals surface area contributed by atoms with E-state index < -0.39 is 15.5 Å². The zero-order chi connectivity index (χ0) is 21.5. The first-order valence-electron chi connectivity index (χ1n) is 9.49. The van der Waals surface area contributed by atoms with Crippen LogP contribution in [-0.4, -0.2) is 67.7 Å². The van der Waals surface area contributed by atoms with Gasteiger partial charge < -0.3 is 9.64 Å². The van der Waals surface area contributed by atoms with Crippen molar-refractivity contribution < 1.29 is 13.2 Å². The summed E-state index contributed by atoms with van der Waals surface area (Å²) in [7, 11) is 0.546. The van der Waals surface area contributed by atoms with E-state index in [1.807, 2.05) is 0 Å². The molecule has 1 saturated heterocycles. The Labute approximate surface area is 178 Å². The average molecular weight is 450 g/mol. The molecule has 0 aliphatic carbocycles. The number of pyridine rings is 2. The molecule has 11 heteroatoms. The van der Waals surface area contributed by atoms with Crippen LogP contribution in [0.4, 0.5) is 5.82 Å². The molecule has 4 rings (SSSR count). The lowest BCUT2D eigenvalue weighted by atomic mass is 10.2. The van der Waals surface area contributed by atoms with Crippen molar-refractivity contribution in [1.29, 1.82) is 0 Å².